The number of benzene rings is 1. The van der Waals surface area contributed by atoms with Gasteiger partial charge in [0.25, 0.3) is 0 Å². The van der Waals surface area contributed by atoms with Gasteiger partial charge in [0, 0.05) is 29.3 Å². The zero-order chi connectivity index (χ0) is 20.6. The van der Waals surface area contributed by atoms with E-state index in [-0.39, 0.29) is 13.0 Å². The summed E-state index contributed by atoms with van der Waals surface area (Å²) in [6.45, 7) is 1.76. The molecular weight excluding hydrogens is 379 g/mol. The molecule has 1 aliphatic heterocycles. The van der Waals surface area contributed by atoms with Gasteiger partial charge in [-0.15, -0.1) is 0 Å². The standard InChI is InChI=1S/C22H26F3N3O/c1-2-21(22(23,24)25)11-3-4-18(26-21)16-9-10-19-17(12-16)20(28-27-19)15-7-5-14(13-29)6-8-15/h3-4,9-12,14-15,26,29H,2,5-8,13H2,1H3,(H,27,28). The van der Waals surface area contributed by atoms with E-state index in [1.54, 1.807) is 6.08 Å². The molecule has 29 heavy (non-hydrogen) atoms. The zero-order valence-corrected chi connectivity index (χ0v) is 16.4. The number of aliphatic hydroxyl groups is 1. The molecule has 7 heteroatoms. The van der Waals surface area contributed by atoms with Crippen LogP contribution in [0.5, 0.6) is 0 Å². The van der Waals surface area contributed by atoms with Gasteiger partial charge in [-0.05, 0) is 61.8 Å². The number of aromatic nitrogens is 2. The van der Waals surface area contributed by atoms with Crippen LogP contribution in [0.1, 0.15) is 56.2 Å². The summed E-state index contributed by atoms with van der Waals surface area (Å²) in [4.78, 5) is 0. The van der Waals surface area contributed by atoms with Crippen LogP contribution in [-0.2, 0) is 0 Å². The molecule has 0 radical (unpaired) electrons. The smallest absolute Gasteiger partial charge is 0.396 e. The van der Waals surface area contributed by atoms with Gasteiger partial charge in [0.2, 0.25) is 0 Å². The van der Waals surface area contributed by atoms with Crippen LogP contribution in [0.15, 0.2) is 36.4 Å². The first kappa shape index (κ1) is 20.0. The van der Waals surface area contributed by atoms with Crippen molar-refractivity contribution in [3.05, 3.63) is 47.7 Å². The number of rotatable bonds is 4. The van der Waals surface area contributed by atoms with E-state index >= 15 is 0 Å². The maximum Gasteiger partial charge on any atom is 0.415 e. The molecule has 1 aromatic heterocycles. The molecule has 1 atom stereocenters. The number of allylic oxidation sites excluding steroid dienone is 2. The highest BCUT2D eigenvalue weighted by molar-refractivity contribution is 5.86. The van der Waals surface area contributed by atoms with E-state index in [2.05, 4.69) is 15.5 Å². The molecule has 4 rings (SSSR count). The lowest BCUT2D eigenvalue weighted by Gasteiger charge is -2.36. The molecule has 2 aromatic rings. The predicted molar refractivity (Wildman–Crippen MR) is 107 cm³/mol. The number of aliphatic hydroxyl groups excluding tert-OH is 1. The Kier molecular flexibility index (Phi) is 5.19. The second-order valence-electron chi connectivity index (χ2n) is 8.16. The topological polar surface area (TPSA) is 60.9 Å². The van der Waals surface area contributed by atoms with Gasteiger partial charge in [0.1, 0.15) is 0 Å². The van der Waals surface area contributed by atoms with E-state index in [9.17, 15) is 18.3 Å². The third kappa shape index (κ3) is 3.56. The fourth-order valence-corrected chi connectivity index (χ4v) is 4.52. The van der Waals surface area contributed by atoms with E-state index < -0.39 is 11.7 Å². The Hall–Kier alpha value is -2.28. The second kappa shape index (κ2) is 7.52. The summed E-state index contributed by atoms with van der Waals surface area (Å²) in [6, 6.07) is 5.59. The Morgan fingerprint density at radius 3 is 2.62 bits per heavy atom. The normalized spacial score (nSPS) is 27.7. The minimum Gasteiger partial charge on any atom is -0.396 e. The third-order valence-electron chi connectivity index (χ3n) is 6.47. The molecule has 156 valence electrons. The molecule has 1 saturated carbocycles. The highest BCUT2D eigenvalue weighted by Gasteiger charge is 2.52. The number of aromatic amines is 1. The molecule has 3 N–H and O–H groups in total. The molecule has 2 heterocycles. The Bertz CT molecular complexity index is 938. The largest absolute Gasteiger partial charge is 0.415 e. The predicted octanol–water partition coefficient (Wildman–Crippen LogP) is 5.04. The van der Waals surface area contributed by atoms with E-state index in [1.807, 2.05) is 18.2 Å². The van der Waals surface area contributed by atoms with Gasteiger partial charge < -0.3 is 10.4 Å². The van der Waals surface area contributed by atoms with Crippen LogP contribution in [0, 0.1) is 5.92 Å². The minimum absolute atomic E-state index is 0.0857. The Labute approximate surface area is 167 Å². The Balaban J connectivity index is 1.64. The highest BCUT2D eigenvalue weighted by Crippen LogP contribution is 2.40. The summed E-state index contributed by atoms with van der Waals surface area (Å²) in [5, 5.41) is 20.6. The number of halogens is 3. The van der Waals surface area contributed by atoms with Gasteiger partial charge in [-0.3, -0.25) is 5.10 Å². The third-order valence-corrected chi connectivity index (χ3v) is 6.47. The maximum atomic E-state index is 13.7. The maximum absolute atomic E-state index is 13.7. The molecule has 1 fully saturated rings. The van der Waals surface area contributed by atoms with E-state index in [0.717, 1.165) is 47.8 Å². The van der Waals surface area contributed by atoms with Gasteiger partial charge in [0.15, 0.2) is 5.54 Å². The van der Waals surface area contributed by atoms with Crippen molar-refractivity contribution in [3.8, 4) is 0 Å². The molecule has 0 saturated heterocycles. The number of alkyl halides is 3. The van der Waals surface area contributed by atoms with Crippen LogP contribution in [0.25, 0.3) is 16.6 Å². The van der Waals surface area contributed by atoms with Crippen LogP contribution in [0.4, 0.5) is 13.2 Å². The summed E-state index contributed by atoms with van der Waals surface area (Å²) in [5.41, 5.74) is 0.995. The summed E-state index contributed by atoms with van der Waals surface area (Å²) < 4.78 is 41.0. The van der Waals surface area contributed by atoms with E-state index in [0.29, 0.717) is 17.5 Å². The number of hydrogen-bond donors (Lipinski definition) is 3. The van der Waals surface area contributed by atoms with Crippen LogP contribution < -0.4 is 5.32 Å². The molecular formula is C22H26F3N3O. The van der Waals surface area contributed by atoms with Crippen LogP contribution in [-0.4, -0.2) is 33.6 Å². The van der Waals surface area contributed by atoms with Crippen molar-refractivity contribution >= 4 is 16.6 Å². The number of nitrogens with zero attached hydrogens (tertiary/aromatic N) is 1. The van der Waals surface area contributed by atoms with Gasteiger partial charge in [-0.2, -0.15) is 18.3 Å². The number of hydrogen-bond acceptors (Lipinski definition) is 3. The van der Waals surface area contributed by atoms with E-state index in [4.69, 9.17) is 0 Å². The summed E-state index contributed by atoms with van der Waals surface area (Å²) in [5.74, 6) is 0.695. The number of nitrogens with one attached hydrogen (secondary N) is 2. The Morgan fingerprint density at radius 2 is 1.97 bits per heavy atom. The first-order valence-corrected chi connectivity index (χ1v) is 10.2. The first-order valence-electron chi connectivity index (χ1n) is 10.2. The summed E-state index contributed by atoms with van der Waals surface area (Å²) >= 11 is 0. The fourth-order valence-electron chi connectivity index (χ4n) is 4.52. The van der Waals surface area contributed by atoms with Gasteiger partial charge in [-0.25, -0.2) is 0 Å². The van der Waals surface area contributed by atoms with Crippen molar-refractivity contribution in [3.63, 3.8) is 0 Å². The van der Waals surface area contributed by atoms with Crippen molar-refractivity contribution in [1.29, 1.82) is 0 Å². The SMILES string of the molecule is CCC1(C(F)(F)F)C=CC=C(c2ccc3n[nH]c(C4CCC(CO)CC4)c3c2)N1. The lowest BCUT2D eigenvalue weighted by Crippen LogP contribution is -2.54. The summed E-state index contributed by atoms with van der Waals surface area (Å²) in [6.07, 6.45) is 3.80. The number of dihydropyridines is 1. The van der Waals surface area contributed by atoms with Gasteiger partial charge in [-0.1, -0.05) is 25.1 Å². The van der Waals surface area contributed by atoms with Gasteiger partial charge >= 0.3 is 6.18 Å². The van der Waals surface area contributed by atoms with Crippen molar-refractivity contribution in [2.45, 2.75) is 56.7 Å². The van der Waals surface area contributed by atoms with Crippen molar-refractivity contribution in [2.24, 2.45) is 5.92 Å². The number of fused-ring (bicyclic) bond motifs is 1. The summed E-state index contributed by atoms with van der Waals surface area (Å²) in [7, 11) is 0. The van der Waals surface area contributed by atoms with Crippen molar-refractivity contribution in [1.82, 2.24) is 15.5 Å². The highest BCUT2D eigenvalue weighted by atomic mass is 19.4. The number of H-pyrrole nitrogens is 1. The van der Waals surface area contributed by atoms with E-state index in [1.165, 1.54) is 19.1 Å². The molecule has 0 amide bonds. The lowest BCUT2D eigenvalue weighted by atomic mass is 9.80. The van der Waals surface area contributed by atoms with Crippen LogP contribution in [0.3, 0.4) is 0 Å². The monoisotopic (exact) mass is 405 g/mol. The fraction of sp³-hybridized carbons (Fsp3) is 0.500. The molecule has 1 aliphatic carbocycles. The second-order valence-corrected chi connectivity index (χ2v) is 8.16. The average molecular weight is 405 g/mol. The quantitative estimate of drug-likeness (QED) is 0.668. The zero-order valence-electron chi connectivity index (χ0n) is 16.4. The molecule has 0 bridgehead atoms. The van der Waals surface area contributed by atoms with Crippen LogP contribution >= 0.6 is 0 Å². The molecule has 1 unspecified atom stereocenters. The lowest BCUT2D eigenvalue weighted by molar-refractivity contribution is -0.178. The average Bonchev–Trinajstić information content (AvgIpc) is 3.16. The minimum atomic E-state index is -4.38. The first-order chi connectivity index (χ1) is 13.9. The molecule has 2 aliphatic rings. The van der Waals surface area contributed by atoms with Crippen molar-refractivity contribution in [2.75, 3.05) is 6.61 Å². The van der Waals surface area contributed by atoms with Crippen molar-refractivity contribution < 1.29 is 18.3 Å². The molecule has 1 aromatic carbocycles. The molecule has 0 spiro atoms. The van der Waals surface area contributed by atoms with Gasteiger partial charge in [0.05, 0.1) is 5.52 Å². The van der Waals surface area contributed by atoms with Crippen LogP contribution in [0.2, 0.25) is 0 Å². The Morgan fingerprint density at radius 1 is 1.21 bits per heavy atom. The molecule has 4 nitrogen and oxygen atoms in total.